The number of rotatable bonds is 3. The summed E-state index contributed by atoms with van der Waals surface area (Å²) < 4.78 is 4.52. The minimum Gasteiger partial charge on any atom is -0.465 e. The predicted molar refractivity (Wildman–Crippen MR) is 49.9 cm³/mol. The van der Waals surface area contributed by atoms with Gasteiger partial charge in [0.05, 0.1) is 12.7 Å². The molecule has 68 valence electrons. The molecule has 3 heteroatoms. The lowest BCUT2D eigenvalue weighted by Gasteiger charge is -2.04. The van der Waals surface area contributed by atoms with Crippen LogP contribution in [0.1, 0.15) is 13.8 Å². The standard InChI is InChI=1S/C9H13ClO2/c1-6(2)5-8(7(3)10)9(11)12-4/h5-6H,3H2,1-2,4H3/b8-5+. The molecule has 0 heterocycles. The quantitative estimate of drug-likeness (QED) is 0.387. The zero-order chi connectivity index (χ0) is 9.72. The zero-order valence-corrected chi connectivity index (χ0v) is 8.31. The predicted octanol–water partition coefficient (Wildman–Crippen LogP) is 2.49. The number of carbonyl (C=O) groups excluding carboxylic acids is 1. The van der Waals surface area contributed by atoms with Crippen molar-refractivity contribution >= 4 is 17.6 Å². The summed E-state index contributed by atoms with van der Waals surface area (Å²) in [5.41, 5.74) is 0.342. The van der Waals surface area contributed by atoms with Gasteiger partial charge in [-0.15, -0.1) is 0 Å². The maximum atomic E-state index is 11.1. The van der Waals surface area contributed by atoms with Crippen molar-refractivity contribution in [1.82, 2.24) is 0 Å². The van der Waals surface area contributed by atoms with Crippen LogP contribution in [0.25, 0.3) is 0 Å². The Bertz CT molecular complexity index is 217. The molecule has 0 radical (unpaired) electrons. The van der Waals surface area contributed by atoms with E-state index in [1.54, 1.807) is 6.08 Å². The maximum Gasteiger partial charge on any atom is 0.339 e. The van der Waals surface area contributed by atoms with Crippen molar-refractivity contribution in [3.8, 4) is 0 Å². The van der Waals surface area contributed by atoms with E-state index in [1.165, 1.54) is 7.11 Å². The second-order valence-electron chi connectivity index (χ2n) is 2.72. The molecule has 0 N–H and O–H groups in total. The Labute approximate surface area is 77.9 Å². The van der Waals surface area contributed by atoms with Gasteiger partial charge in [0, 0.05) is 5.03 Å². The third-order valence-electron chi connectivity index (χ3n) is 1.20. The lowest BCUT2D eigenvalue weighted by Crippen LogP contribution is -2.05. The van der Waals surface area contributed by atoms with E-state index in [1.807, 2.05) is 13.8 Å². The summed E-state index contributed by atoms with van der Waals surface area (Å²) in [6.07, 6.45) is 1.72. The summed E-state index contributed by atoms with van der Waals surface area (Å²) >= 11 is 5.60. The van der Waals surface area contributed by atoms with Crippen molar-refractivity contribution in [2.75, 3.05) is 7.11 Å². The Morgan fingerprint density at radius 3 is 2.33 bits per heavy atom. The van der Waals surface area contributed by atoms with Gasteiger partial charge in [0.15, 0.2) is 0 Å². The number of ether oxygens (including phenoxy) is 1. The van der Waals surface area contributed by atoms with Crippen molar-refractivity contribution in [2.24, 2.45) is 5.92 Å². The SMILES string of the molecule is C=C(Cl)/C(=C\C(C)C)C(=O)OC. The van der Waals surface area contributed by atoms with Crippen molar-refractivity contribution in [1.29, 1.82) is 0 Å². The van der Waals surface area contributed by atoms with E-state index in [9.17, 15) is 4.79 Å². The first-order chi connectivity index (χ1) is 5.49. The van der Waals surface area contributed by atoms with Crippen LogP contribution >= 0.6 is 11.6 Å². The summed E-state index contributed by atoms with van der Waals surface area (Å²) in [5.74, 6) is -0.196. The van der Waals surface area contributed by atoms with Crippen LogP contribution in [0, 0.1) is 5.92 Å². The van der Waals surface area contributed by atoms with Crippen LogP contribution < -0.4 is 0 Å². The molecular formula is C9H13ClO2. The van der Waals surface area contributed by atoms with E-state index in [0.29, 0.717) is 5.57 Å². The molecule has 0 spiro atoms. The molecule has 0 rings (SSSR count). The van der Waals surface area contributed by atoms with Crippen LogP contribution in [-0.2, 0) is 9.53 Å². The molecule has 12 heavy (non-hydrogen) atoms. The smallest absolute Gasteiger partial charge is 0.339 e. The van der Waals surface area contributed by atoms with E-state index >= 15 is 0 Å². The number of esters is 1. The Hall–Kier alpha value is -0.760. The summed E-state index contributed by atoms with van der Waals surface area (Å²) in [6.45, 7) is 7.37. The lowest BCUT2D eigenvalue weighted by molar-refractivity contribution is -0.135. The molecule has 0 aliphatic heterocycles. The van der Waals surface area contributed by atoms with Crippen LogP contribution in [0.5, 0.6) is 0 Å². The van der Waals surface area contributed by atoms with Crippen LogP contribution in [0.2, 0.25) is 0 Å². The fraction of sp³-hybridized carbons (Fsp3) is 0.444. The molecule has 0 aromatic carbocycles. The van der Waals surface area contributed by atoms with Crippen LogP contribution in [0.3, 0.4) is 0 Å². The highest BCUT2D eigenvalue weighted by atomic mass is 35.5. The molecule has 0 aromatic rings. The van der Waals surface area contributed by atoms with Crippen LogP contribution in [-0.4, -0.2) is 13.1 Å². The molecule has 0 fully saturated rings. The molecule has 0 bridgehead atoms. The molecule has 0 aliphatic carbocycles. The molecular weight excluding hydrogens is 176 g/mol. The van der Waals surface area contributed by atoms with Gasteiger partial charge in [-0.1, -0.05) is 38.1 Å². The van der Waals surface area contributed by atoms with Gasteiger partial charge in [-0.3, -0.25) is 0 Å². The Morgan fingerprint density at radius 1 is 1.58 bits per heavy atom. The Morgan fingerprint density at radius 2 is 2.08 bits per heavy atom. The topological polar surface area (TPSA) is 26.3 Å². The summed E-state index contributed by atoms with van der Waals surface area (Å²) in [7, 11) is 1.32. The van der Waals surface area contributed by atoms with E-state index in [-0.39, 0.29) is 11.0 Å². The van der Waals surface area contributed by atoms with Gasteiger partial charge in [0.25, 0.3) is 0 Å². The van der Waals surface area contributed by atoms with Gasteiger partial charge in [-0.2, -0.15) is 0 Å². The summed E-state index contributed by atoms with van der Waals surface area (Å²) in [4.78, 5) is 11.1. The van der Waals surface area contributed by atoms with Crippen molar-refractivity contribution in [3.63, 3.8) is 0 Å². The number of allylic oxidation sites excluding steroid dienone is 1. The van der Waals surface area contributed by atoms with Gasteiger partial charge in [0.1, 0.15) is 0 Å². The highest BCUT2D eigenvalue weighted by Crippen LogP contribution is 2.16. The number of halogens is 1. The van der Waals surface area contributed by atoms with Crippen LogP contribution in [0.4, 0.5) is 0 Å². The Balaban J connectivity index is 4.67. The molecule has 0 unspecified atom stereocenters. The fourth-order valence-electron chi connectivity index (χ4n) is 0.712. The summed E-state index contributed by atoms with van der Waals surface area (Å²) in [5, 5.41) is 0.218. The van der Waals surface area contributed by atoms with E-state index < -0.39 is 5.97 Å². The Kier molecular flexibility index (Phi) is 4.67. The first kappa shape index (κ1) is 11.2. The van der Waals surface area contributed by atoms with Crippen molar-refractivity contribution < 1.29 is 9.53 Å². The number of carbonyl (C=O) groups is 1. The molecule has 0 aromatic heterocycles. The average Bonchev–Trinajstić information content (AvgIpc) is 1.98. The highest BCUT2D eigenvalue weighted by molar-refractivity contribution is 6.34. The van der Waals surface area contributed by atoms with Gasteiger partial charge in [0.2, 0.25) is 0 Å². The summed E-state index contributed by atoms with van der Waals surface area (Å²) in [6, 6.07) is 0. The van der Waals surface area contributed by atoms with E-state index in [4.69, 9.17) is 11.6 Å². The maximum absolute atomic E-state index is 11.1. The van der Waals surface area contributed by atoms with E-state index in [2.05, 4.69) is 11.3 Å². The normalized spacial score (nSPS) is 11.6. The van der Waals surface area contributed by atoms with Crippen LogP contribution in [0.15, 0.2) is 23.3 Å². The third-order valence-corrected chi connectivity index (χ3v) is 1.40. The number of methoxy groups -OCH3 is 1. The third kappa shape index (κ3) is 3.58. The molecule has 0 atom stereocenters. The van der Waals surface area contributed by atoms with Gasteiger partial charge in [-0.05, 0) is 5.92 Å². The highest BCUT2D eigenvalue weighted by Gasteiger charge is 2.11. The second-order valence-corrected chi connectivity index (χ2v) is 3.18. The minimum absolute atomic E-state index is 0.218. The van der Waals surface area contributed by atoms with Gasteiger partial charge >= 0.3 is 5.97 Å². The molecule has 0 saturated heterocycles. The lowest BCUT2D eigenvalue weighted by atomic mass is 10.1. The van der Waals surface area contributed by atoms with Crippen molar-refractivity contribution in [2.45, 2.75) is 13.8 Å². The molecule has 0 amide bonds. The van der Waals surface area contributed by atoms with Gasteiger partial charge in [-0.25, -0.2) is 4.79 Å². The fourth-order valence-corrected chi connectivity index (χ4v) is 0.853. The number of hydrogen-bond acceptors (Lipinski definition) is 2. The monoisotopic (exact) mass is 188 g/mol. The molecule has 0 saturated carbocycles. The number of hydrogen-bond donors (Lipinski definition) is 0. The first-order valence-electron chi connectivity index (χ1n) is 3.64. The first-order valence-corrected chi connectivity index (χ1v) is 4.01. The average molecular weight is 189 g/mol. The molecule has 0 aliphatic rings. The molecule has 2 nitrogen and oxygen atoms in total. The zero-order valence-electron chi connectivity index (χ0n) is 7.56. The van der Waals surface area contributed by atoms with Crippen molar-refractivity contribution in [3.05, 3.63) is 23.3 Å². The van der Waals surface area contributed by atoms with E-state index in [0.717, 1.165) is 0 Å². The second kappa shape index (κ2) is 4.99. The van der Waals surface area contributed by atoms with Gasteiger partial charge < -0.3 is 4.74 Å². The largest absolute Gasteiger partial charge is 0.465 e. The minimum atomic E-state index is -0.441.